The van der Waals surface area contributed by atoms with Gasteiger partial charge in [0.05, 0.1) is 11.9 Å². The Morgan fingerprint density at radius 3 is 2.55 bits per heavy atom. The van der Waals surface area contributed by atoms with Crippen LogP contribution in [0.15, 0.2) is 18.2 Å². The summed E-state index contributed by atoms with van der Waals surface area (Å²) in [5.41, 5.74) is -0.202. The molecule has 0 saturated heterocycles. The number of sulfonamides is 1. The predicted molar refractivity (Wildman–Crippen MR) is 78.7 cm³/mol. The van der Waals surface area contributed by atoms with Crippen LogP contribution < -0.4 is 10.0 Å². The molecule has 7 nitrogen and oxygen atoms in total. The number of unbranched alkanes of at least 4 members (excludes halogenated alkanes) is 1. The van der Waals surface area contributed by atoms with E-state index in [2.05, 4.69) is 5.32 Å². The molecule has 0 saturated carbocycles. The van der Waals surface area contributed by atoms with Gasteiger partial charge in [0.2, 0.25) is 10.0 Å². The number of anilines is 1. The average Bonchev–Trinajstić information content (AvgIpc) is 2.38. The molecule has 0 aliphatic rings. The molecule has 0 atom stereocenters. The molecular weight excluding hydrogens is 315 g/mol. The van der Waals surface area contributed by atoms with E-state index in [0.717, 1.165) is 18.4 Å². The third-order valence-electron chi connectivity index (χ3n) is 2.63. The largest absolute Gasteiger partial charge is 0.481 e. The lowest BCUT2D eigenvalue weighted by Gasteiger charge is -2.09. The minimum atomic E-state index is -3.65. The van der Waals surface area contributed by atoms with Crippen molar-refractivity contribution in [2.24, 2.45) is 0 Å². The topological polar surface area (TPSA) is 113 Å². The Kier molecular flexibility index (Phi) is 6.29. The molecule has 0 radical (unpaired) electrons. The number of carboxylic acids is 1. The summed E-state index contributed by atoms with van der Waals surface area (Å²) in [6.07, 6.45) is 1.82. The highest BCUT2D eigenvalue weighted by atomic mass is 32.2. The summed E-state index contributed by atoms with van der Waals surface area (Å²) in [6, 6.07) is 3.32. The minimum absolute atomic E-state index is 0.0227. The molecule has 0 aromatic heterocycles. The first-order valence-corrected chi connectivity index (χ1v) is 8.35. The van der Waals surface area contributed by atoms with E-state index in [-0.39, 0.29) is 24.2 Å². The molecule has 0 bridgehead atoms. The van der Waals surface area contributed by atoms with Gasteiger partial charge in [-0.1, -0.05) is 0 Å². The first-order chi connectivity index (χ1) is 10.2. The Morgan fingerprint density at radius 2 is 1.95 bits per heavy atom. The van der Waals surface area contributed by atoms with Crippen molar-refractivity contribution in [2.75, 3.05) is 17.5 Å². The van der Waals surface area contributed by atoms with E-state index in [1.54, 1.807) is 0 Å². The van der Waals surface area contributed by atoms with Crippen molar-refractivity contribution in [1.29, 1.82) is 0 Å². The van der Waals surface area contributed by atoms with Gasteiger partial charge in [0.25, 0.3) is 5.91 Å². The maximum atomic E-state index is 13.5. The molecule has 122 valence electrons. The molecular formula is C13H17FN2O5S. The fraction of sp³-hybridized carbons (Fsp3) is 0.385. The lowest BCUT2D eigenvalue weighted by Crippen LogP contribution is -2.24. The van der Waals surface area contributed by atoms with E-state index >= 15 is 0 Å². The Labute approximate surface area is 127 Å². The van der Waals surface area contributed by atoms with Gasteiger partial charge in [0.15, 0.2) is 0 Å². The third kappa shape index (κ3) is 6.53. The summed E-state index contributed by atoms with van der Waals surface area (Å²) in [7, 11) is -3.65. The van der Waals surface area contributed by atoms with Gasteiger partial charge in [0, 0.05) is 18.5 Å². The van der Waals surface area contributed by atoms with Crippen LogP contribution >= 0.6 is 0 Å². The number of carbonyl (C=O) groups excluding carboxylic acids is 1. The maximum Gasteiger partial charge on any atom is 0.303 e. The highest BCUT2D eigenvalue weighted by molar-refractivity contribution is 7.92. The molecule has 0 aliphatic carbocycles. The zero-order valence-electron chi connectivity index (χ0n) is 11.9. The number of hydrogen-bond donors (Lipinski definition) is 3. The second kappa shape index (κ2) is 7.74. The molecule has 0 fully saturated rings. The Hall–Kier alpha value is -2.16. The second-order valence-corrected chi connectivity index (χ2v) is 6.42. The van der Waals surface area contributed by atoms with Crippen molar-refractivity contribution in [3.63, 3.8) is 0 Å². The van der Waals surface area contributed by atoms with Gasteiger partial charge in [-0.25, -0.2) is 12.8 Å². The quantitative estimate of drug-likeness (QED) is 0.619. The van der Waals surface area contributed by atoms with E-state index in [0.29, 0.717) is 12.8 Å². The van der Waals surface area contributed by atoms with Gasteiger partial charge < -0.3 is 10.4 Å². The molecule has 1 aromatic rings. The van der Waals surface area contributed by atoms with Gasteiger partial charge in [-0.3, -0.25) is 14.3 Å². The summed E-state index contributed by atoms with van der Waals surface area (Å²) < 4.78 is 37.7. The standard InChI is InChI=1S/C13H17FN2O5S/c1-22(20,21)16-11-8-9(5-6-10(11)14)13(19)15-7-3-2-4-12(17)18/h5-6,8,16H,2-4,7H2,1H3,(H,15,19)(H,17,18). The van der Waals surface area contributed by atoms with Crippen LogP contribution in [0.25, 0.3) is 0 Å². The fourth-order valence-corrected chi connectivity index (χ4v) is 2.21. The molecule has 1 aromatic carbocycles. The van der Waals surface area contributed by atoms with Crippen molar-refractivity contribution >= 4 is 27.6 Å². The highest BCUT2D eigenvalue weighted by Gasteiger charge is 2.12. The average molecular weight is 332 g/mol. The van der Waals surface area contributed by atoms with E-state index in [4.69, 9.17) is 5.11 Å². The van der Waals surface area contributed by atoms with Crippen LogP contribution in [-0.4, -0.2) is 38.2 Å². The lowest BCUT2D eigenvalue weighted by atomic mass is 10.1. The lowest BCUT2D eigenvalue weighted by molar-refractivity contribution is -0.137. The number of aliphatic carboxylic acids is 1. The first kappa shape index (κ1) is 17.9. The van der Waals surface area contributed by atoms with Gasteiger partial charge in [-0.2, -0.15) is 0 Å². The van der Waals surface area contributed by atoms with Crippen molar-refractivity contribution < 1.29 is 27.5 Å². The molecule has 1 amide bonds. The van der Waals surface area contributed by atoms with Crippen LogP contribution in [0.4, 0.5) is 10.1 Å². The normalized spacial score (nSPS) is 11.0. The molecule has 3 N–H and O–H groups in total. The molecule has 0 spiro atoms. The number of rotatable bonds is 8. The summed E-state index contributed by atoms with van der Waals surface area (Å²) in [5, 5.41) is 11.0. The Balaban J connectivity index is 2.62. The van der Waals surface area contributed by atoms with Crippen molar-refractivity contribution in [3.05, 3.63) is 29.6 Å². The molecule has 22 heavy (non-hydrogen) atoms. The van der Waals surface area contributed by atoms with Gasteiger partial charge in [0.1, 0.15) is 5.82 Å². The summed E-state index contributed by atoms with van der Waals surface area (Å²) in [6.45, 7) is 0.276. The van der Waals surface area contributed by atoms with E-state index < -0.39 is 27.7 Å². The number of hydrogen-bond acceptors (Lipinski definition) is 4. The van der Waals surface area contributed by atoms with Crippen molar-refractivity contribution in [1.82, 2.24) is 5.32 Å². The molecule has 0 heterocycles. The zero-order valence-corrected chi connectivity index (χ0v) is 12.7. The number of benzene rings is 1. The summed E-state index contributed by atoms with van der Waals surface area (Å²) in [4.78, 5) is 22.2. The van der Waals surface area contributed by atoms with Crippen LogP contribution in [0, 0.1) is 5.82 Å². The van der Waals surface area contributed by atoms with Crippen molar-refractivity contribution in [3.8, 4) is 0 Å². The molecule has 0 aliphatic heterocycles. The Bertz CT molecular complexity index is 660. The van der Waals surface area contributed by atoms with Crippen LogP contribution in [0.2, 0.25) is 0 Å². The number of halogens is 1. The van der Waals surface area contributed by atoms with E-state index in [9.17, 15) is 22.4 Å². The smallest absolute Gasteiger partial charge is 0.303 e. The van der Waals surface area contributed by atoms with Gasteiger partial charge in [-0.15, -0.1) is 0 Å². The zero-order chi connectivity index (χ0) is 16.8. The SMILES string of the molecule is CS(=O)(=O)Nc1cc(C(=O)NCCCCC(=O)O)ccc1F. The summed E-state index contributed by atoms with van der Waals surface area (Å²) >= 11 is 0. The van der Waals surface area contributed by atoms with Gasteiger partial charge >= 0.3 is 5.97 Å². The maximum absolute atomic E-state index is 13.5. The second-order valence-electron chi connectivity index (χ2n) is 4.68. The fourth-order valence-electron chi connectivity index (χ4n) is 1.65. The van der Waals surface area contributed by atoms with Crippen molar-refractivity contribution in [2.45, 2.75) is 19.3 Å². The molecule has 9 heteroatoms. The third-order valence-corrected chi connectivity index (χ3v) is 3.22. The number of carboxylic acid groups (broad SMARTS) is 1. The Morgan fingerprint density at radius 1 is 1.27 bits per heavy atom. The van der Waals surface area contributed by atoms with Crippen LogP contribution in [0.5, 0.6) is 0 Å². The van der Waals surface area contributed by atoms with Crippen LogP contribution in [0.3, 0.4) is 0 Å². The summed E-state index contributed by atoms with van der Waals surface area (Å²) in [5.74, 6) is -2.18. The first-order valence-electron chi connectivity index (χ1n) is 6.46. The minimum Gasteiger partial charge on any atom is -0.481 e. The predicted octanol–water partition coefficient (Wildman–Crippen LogP) is 1.18. The van der Waals surface area contributed by atoms with E-state index in [1.807, 2.05) is 4.72 Å². The number of amides is 1. The molecule has 0 unspecified atom stereocenters. The van der Waals surface area contributed by atoms with Crippen LogP contribution in [0.1, 0.15) is 29.6 Å². The van der Waals surface area contributed by atoms with E-state index in [1.165, 1.54) is 6.07 Å². The number of carbonyl (C=O) groups is 2. The monoisotopic (exact) mass is 332 g/mol. The highest BCUT2D eigenvalue weighted by Crippen LogP contribution is 2.17. The molecule has 1 rings (SSSR count). The van der Waals surface area contributed by atoms with Crippen LogP contribution in [-0.2, 0) is 14.8 Å². The number of nitrogens with one attached hydrogen (secondary N) is 2. The van der Waals surface area contributed by atoms with Gasteiger partial charge in [-0.05, 0) is 31.0 Å².